The van der Waals surface area contributed by atoms with E-state index in [0.717, 1.165) is 5.69 Å². The third kappa shape index (κ3) is 7.69. The van der Waals surface area contributed by atoms with E-state index in [-0.39, 0.29) is 73.0 Å². The van der Waals surface area contributed by atoms with Crippen molar-refractivity contribution in [2.75, 3.05) is 20.3 Å². The van der Waals surface area contributed by atoms with E-state index in [4.69, 9.17) is 40.5 Å². The number of morpholine rings is 1. The van der Waals surface area contributed by atoms with Crippen LogP contribution in [0.1, 0.15) is 78.3 Å². The summed E-state index contributed by atoms with van der Waals surface area (Å²) in [6.07, 6.45) is 1.09. The van der Waals surface area contributed by atoms with Crippen molar-refractivity contribution >= 4 is 61.5 Å². The minimum atomic E-state index is -3.84. The van der Waals surface area contributed by atoms with Gasteiger partial charge in [-0.25, -0.2) is 18.4 Å². The smallest absolute Gasteiger partial charge is 0.253 e. The number of pyridine rings is 1. The lowest BCUT2D eigenvalue weighted by molar-refractivity contribution is -0.167. The Bertz CT molecular complexity index is 2160. The Labute approximate surface area is 336 Å². The number of amides is 2. The number of nitrogens with zero attached hydrogens (tertiary/aromatic N) is 3. The zero-order valence-corrected chi connectivity index (χ0v) is 34.8. The van der Waals surface area contributed by atoms with Crippen molar-refractivity contribution < 1.29 is 41.7 Å². The van der Waals surface area contributed by atoms with Crippen LogP contribution in [0.2, 0.25) is 5.02 Å². The van der Waals surface area contributed by atoms with Crippen LogP contribution in [0.5, 0.6) is 11.5 Å². The number of methoxy groups -OCH3 is 1. The zero-order valence-electron chi connectivity index (χ0n) is 32.5. The zero-order chi connectivity index (χ0) is 40.3. The van der Waals surface area contributed by atoms with Crippen molar-refractivity contribution in [3.63, 3.8) is 0 Å². The molecule has 2 aliphatic carbocycles. The number of halogens is 1. The fourth-order valence-corrected chi connectivity index (χ4v) is 10.2. The topological polar surface area (TPSA) is 163 Å². The summed E-state index contributed by atoms with van der Waals surface area (Å²) in [5.74, 6) is -0.870. The molecule has 2 saturated heterocycles. The van der Waals surface area contributed by atoms with Crippen LogP contribution in [-0.4, -0.2) is 96.9 Å². The van der Waals surface area contributed by atoms with Gasteiger partial charge in [0, 0.05) is 36.8 Å². The van der Waals surface area contributed by atoms with E-state index < -0.39 is 50.9 Å². The number of ketones is 1. The number of fused-ring (bicyclic) bond motifs is 2. The first-order chi connectivity index (χ1) is 26.6. The summed E-state index contributed by atoms with van der Waals surface area (Å²) in [6, 6.07) is 3.79. The van der Waals surface area contributed by atoms with Gasteiger partial charge in [-0.15, -0.1) is 17.9 Å². The number of thiazole rings is 1. The lowest BCUT2D eigenvalue weighted by Crippen LogP contribution is -2.58. The number of hydrogen-bond donors (Lipinski definition) is 1. The summed E-state index contributed by atoms with van der Waals surface area (Å²) < 4.78 is 52.1. The maximum atomic E-state index is 14.5. The fourth-order valence-electron chi connectivity index (χ4n) is 7.66. The normalized spacial score (nSPS) is 26.7. The van der Waals surface area contributed by atoms with Gasteiger partial charge < -0.3 is 23.8 Å². The molecule has 0 spiro atoms. The van der Waals surface area contributed by atoms with Crippen molar-refractivity contribution in [1.29, 1.82) is 0 Å². The Morgan fingerprint density at radius 2 is 1.93 bits per heavy atom. The Balaban J connectivity index is 1.23. The molecule has 1 N–H and O–H groups in total. The molecule has 13 nitrogen and oxygen atoms in total. The van der Waals surface area contributed by atoms with Crippen LogP contribution < -0.4 is 14.2 Å². The number of hydrogen-bond acceptors (Lipinski definition) is 12. The lowest BCUT2D eigenvalue weighted by Gasteiger charge is -2.40. The van der Waals surface area contributed by atoms with E-state index in [1.54, 1.807) is 30.2 Å². The monoisotopic (exact) mass is 828 g/mol. The molecule has 56 heavy (non-hydrogen) atoms. The van der Waals surface area contributed by atoms with Crippen LogP contribution in [0.4, 0.5) is 0 Å². The van der Waals surface area contributed by atoms with Crippen molar-refractivity contribution in [2.45, 2.75) is 108 Å². The SMILES string of the molecule is C=C[C@@H]1C[C@]1(CC(=O)[C@@H]1C[C@@H](Oc2cc(-c3nc(C(C)C)cs3)nc3c(Cl)c(OCC(C)OC)ccc23)[C@H]2COC(C(C)C)C(=O)N21)C(=O)NS(=O)(=O)C1CC1. The number of sulfonamides is 1. The number of rotatable bonds is 16. The molecule has 0 bridgehead atoms. The summed E-state index contributed by atoms with van der Waals surface area (Å²) in [5, 5.41) is 2.94. The first-order valence-electron chi connectivity index (χ1n) is 19.1. The van der Waals surface area contributed by atoms with Crippen LogP contribution in [0.25, 0.3) is 21.6 Å². The maximum absolute atomic E-state index is 14.5. The second kappa shape index (κ2) is 15.6. The van der Waals surface area contributed by atoms with E-state index in [1.807, 2.05) is 32.2 Å². The number of Topliss-reactive ketones (excluding diaryl/α,β-unsaturated/α-hetero) is 1. The fraction of sp³-hybridized carbons (Fsp3) is 0.575. The van der Waals surface area contributed by atoms with Crippen LogP contribution in [0.15, 0.2) is 36.2 Å². The average Bonchev–Trinajstić information content (AvgIpc) is 4.05. The molecule has 2 unspecified atom stereocenters. The highest BCUT2D eigenvalue weighted by atomic mass is 35.5. The Hall–Kier alpha value is -3.63. The van der Waals surface area contributed by atoms with Gasteiger partial charge in [-0.1, -0.05) is 45.4 Å². The summed E-state index contributed by atoms with van der Waals surface area (Å²) >= 11 is 8.45. The van der Waals surface area contributed by atoms with Gasteiger partial charge in [0.1, 0.15) is 46.0 Å². The molecule has 2 amide bonds. The number of aromatic nitrogens is 2. The molecule has 7 atom stereocenters. The molecular weight excluding hydrogens is 780 g/mol. The second-order valence-corrected chi connectivity index (χ2v) is 19.3. The van der Waals surface area contributed by atoms with Gasteiger partial charge in [-0.3, -0.25) is 19.1 Å². The molecule has 16 heteroatoms. The molecule has 2 saturated carbocycles. The minimum absolute atomic E-state index is 0.123. The molecule has 7 rings (SSSR count). The molecule has 4 fully saturated rings. The lowest BCUT2D eigenvalue weighted by atomic mass is 9.91. The van der Waals surface area contributed by atoms with E-state index in [0.29, 0.717) is 45.9 Å². The van der Waals surface area contributed by atoms with Gasteiger partial charge in [-0.2, -0.15) is 0 Å². The van der Waals surface area contributed by atoms with E-state index in [9.17, 15) is 22.8 Å². The summed E-state index contributed by atoms with van der Waals surface area (Å²) in [6.45, 7) is 14.0. The van der Waals surface area contributed by atoms with Gasteiger partial charge in [0.25, 0.3) is 5.91 Å². The quantitative estimate of drug-likeness (QED) is 0.167. The molecule has 3 aromatic rings. The van der Waals surface area contributed by atoms with Gasteiger partial charge in [0.2, 0.25) is 15.9 Å². The van der Waals surface area contributed by atoms with Gasteiger partial charge >= 0.3 is 0 Å². The number of ether oxygens (including phenoxy) is 4. The highest BCUT2D eigenvalue weighted by molar-refractivity contribution is 7.90. The van der Waals surface area contributed by atoms with Crippen molar-refractivity contribution in [3.05, 3.63) is 47.0 Å². The molecule has 2 aliphatic heterocycles. The predicted octanol–water partition coefficient (Wildman–Crippen LogP) is 6.08. The van der Waals surface area contributed by atoms with Gasteiger partial charge in [0.05, 0.1) is 46.7 Å². The van der Waals surface area contributed by atoms with Crippen LogP contribution in [-0.2, 0) is 33.9 Å². The van der Waals surface area contributed by atoms with Crippen molar-refractivity contribution in [3.8, 4) is 22.2 Å². The Morgan fingerprint density at radius 3 is 2.55 bits per heavy atom. The van der Waals surface area contributed by atoms with E-state index >= 15 is 0 Å². The van der Waals surface area contributed by atoms with Crippen LogP contribution >= 0.6 is 22.9 Å². The third-order valence-corrected chi connectivity index (χ3v) is 14.5. The number of carbonyl (C=O) groups excluding carboxylic acids is 3. The highest BCUT2D eigenvalue weighted by Crippen LogP contribution is 2.57. The Kier molecular flexibility index (Phi) is 11.3. The molecule has 302 valence electrons. The predicted molar refractivity (Wildman–Crippen MR) is 212 cm³/mol. The number of carbonyl (C=O) groups is 3. The standard InChI is InChI=1S/C40H49ClN4O9S2/c1-8-23-15-40(23,39(48)44-56(49,50)24-9-10-24)16-30(46)28-14-33(29-18-53-36(21(4)5)38(47)45(28)29)54-32-13-26(37-43-27(19-55-37)20(2)3)42-35-25(32)11-12-31(34(35)41)52-17-22(6)51-7/h8,11-13,19-24,28-29,33,36H,1,9-10,14-18H2,2-7H3,(H,44,48)/t22?,23-,28+,29-,33-,36?,40-/m1/s1. The summed E-state index contributed by atoms with van der Waals surface area (Å²) in [7, 11) is -2.24. The molecule has 0 radical (unpaired) electrons. The molecule has 1 aromatic carbocycles. The van der Waals surface area contributed by atoms with Gasteiger partial charge in [-0.05, 0) is 56.1 Å². The molecule has 4 aliphatic rings. The number of allylic oxidation sites excluding steroid dienone is 1. The summed E-state index contributed by atoms with van der Waals surface area (Å²) in [5.41, 5.74) is 0.616. The molecule has 2 aromatic heterocycles. The van der Waals surface area contributed by atoms with E-state index in [1.165, 1.54) is 11.3 Å². The van der Waals surface area contributed by atoms with Crippen LogP contribution in [0.3, 0.4) is 0 Å². The summed E-state index contributed by atoms with van der Waals surface area (Å²) in [4.78, 5) is 53.6. The largest absolute Gasteiger partial charge is 0.489 e. The first kappa shape index (κ1) is 40.6. The van der Waals surface area contributed by atoms with E-state index in [2.05, 4.69) is 25.1 Å². The number of nitrogens with one attached hydrogen (secondary N) is 1. The van der Waals surface area contributed by atoms with Crippen molar-refractivity contribution in [2.24, 2.45) is 17.3 Å². The minimum Gasteiger partial charge on any atom is -0.489 e. The molecular formula is C40H49ClN4O9S2. The number of benzene rings is 1. The molecule has 4 heterocycles. The van der Waals surface area contributed by atoms with Gasteiger partial charge in [0.15, 0.2) is 5.78 Å². The second-order valence-electron chi connectivity index (χ2n) is 16.1. The highest BCUT2D eigenvalue weighted by Gasteiger charge is 2.62. The maximum Gasteiger partial charge on any atom is 0.253 e. The van der Waals surface area contributed by atoms with Crippen molar-refractivity contribution in [1.82, 2.24) is 19.6 Å². The van der Waals surface area contributed by atoms with Crippen LogP contribution in [0, 0.1) is 17.3 Å². The third-order valence-electron chi connectivity index (χ3n) is 11.4. The average molecular weight is 829 g/mol. The Morgan fingerprint density at radius 1 is 1.18 bits per heavy atom. The first-order valence-corrected chi connectivity index (χ1v) is 21.9.